The number of nitrogens with zero attached hydrogens (tertiary/aromatic N) is 1. The third kappa shape index (κ3) is 3.01. The van der Waals surface area contributed by atoms with Crippen molar-refractivity contribution in [1.82, 2.24) is 10.2 Å². The van der Waals surface area contributed by atoms with Crippen molar-refractivity contribution in [3.63, 3.8) is 0 Å². The maximum absolute atomic E-state index is 12.6. The Morgan fingerprint density at radius 2 is 2.18 bits per heavy atom. The van der Waals surface area contributed by atoms with Crippen LogP contribution in [0.4, 0.5) is 0 Å². The molecule has 0 bridgehead atoms. The van der Waals surface area contributed by atoms with E-state index in [9.17, 15) is 4.79 Å². The fraction of sp³-hybridized carbons (Fsp3) is 0.929. The predicted octanol–water partition coefficient (Wildman–Crippen LogP) is 2.02. The van der Waals surface area contributed by atoms with Crippen molar-refractivity contribution in [3.8, 4) is 0 Å². The van der Waals surface area contributed by atoms with Crippen LogP contribution in [0.3, 0.4) is 0 Å². The maximum atomic E-state index is 12.6. The molecule has 1 aliphatic heterocycles. The lowest BCUT2D eigenvalue weighted by molar-refractivity contribution is -0.141. The Kier molecular flexibility index (Phi) is 3.76. The first kappa shape index (κ1) is 12.9. The summed E-state index contributed by atoms with van der Waals surface area (Å²) in [5.74, 6) is 1.07. The fourth-order valence-corrected chi connectivity index (χ4v) is 2.58. The Hall–Kier alpha value is -0.570. The average Bonchev–Trinajstić information content (AvgIpc) is 3.01. The molecule has 98 valence electrons. The number of rotatable bonds is 5. The molecule has 3 nitrogen and oxygen atoms in total. The molecule has 2 rings (SSSR count). The summed E-state index contributed by atoms with van der Waals surface area (Å²) in [7, 11) is 0. The van der Waals surface area contributed by atoms with Crippen LogP contribution in [0, 0.1) is 11.3 Å². The normalized spacial score (nSPS) is 28.7. The molecule has 1 heterocycles. The van der Waals surface area contributed by atoms with Crippen LogP contribution >= 0.6 is 0 Å². The van der Waals surface area contributed by atoms with Gasteiger partial charge in [-0.05, 0) is 45.1 Å². The fourth-order valence-electron chi connectivity index (χ4n) is 2.58. The van der Waals surface area contributed by atoms with E-state index in [4.69, 9.17) is 0 Å². The highest BCUT2D eigenvalue weighted by Gasteiger charge is 2.43. The minimum atomic E-state index is -0.139. The van der Waals surface area contributed by atoms with E-state index in [0.29, 0.717) is 17.9 Å². The second kappa shape index (κ2) is 4.97. The number of carbonyl (C=O) groups excluding carboxylic acids is 1. The Morgan fingerprint density at radius 3 is 2.65 bits per heavy atom. The van der Waals surface area contributed by atoms with Crippen LogP contribution in [0.25, 0.3) is 0 Å². The third-order valence-electron chi connectivity index (χ3n) is 4.08. The molecule has 1 amide bonds. The molecule has 1 aliphatic carbocycles. The quantitative estimate of drug-likeness (QED) is 0.795. The van der Waals surface area contributed by atoms with Crippen molar-refractivity contribution in [2.75, 3.05) is 19.6 Å². The summed E-state index contributed by atoms with van der Waals surface area (Å²) < 4.78 is 0. The Bertz CT molecular complexity index is 278. The van der Waals surface area contributed by atoms with Gasteiger partial charge in [-0.3, -0.25) is 4.79 Å². The molecule has 0 spiro atoms. The number of hydrogen-bond donors (Lipinski definition) is 1. The van der Waals surface area contributed by atoms with Crippen molar-refractivity contribution in [2.24, 2.45) is 11.3 Å². The Balaban J connectivity index is 1.97. The maximum Gasteiger partial charge on any atom is 0.230 e. The van der Waals surface area contributed by atoms with Crippen molar-refractivity contribution in [2.45, 2.75) is 52.5 Å². The zero-order chi connectivity index (χ0) is 12.5. The Morgan fingerprint density at radius 1 is 1.47 bits per heavy atom. The van der Waals surface area contributed by atoms with Gasteiger partial charge in [0.15, 0.2) is 0 Å². The van der Waals surface area contributed by atoms with Gasteiger partial charge in [-0.2, -0.15) is 0 Å². The highest BCUT2D eigenvalue weighted by atomic mass is 16.2. The second-order valence-corrected chi connectivity index (χ2v) is 6.40. The molecule has 17 heavy (non-hydrogen) atoms. The molecule has 0 aromatic carbocycles. The van der Waals surface area contributed by atoms with Gasteiger partial charge in [-0.1, -0.05) is 13.8 Å². The summed E-state index contributed by atoms with van der Waals surface area (Å²) >= 11 is 0. The standard InChI is InChI=1S/C14H26N2O/c1-11(2)6-9-16(12-4-5-12)13(17)14(3)7-8-15-10-14/h11-12,15H,4-10H2,1-3H3. The molecule has 3 heteroatoms. The minimum absolute atomic E-state index is 0.139. The third-order valence-corrected chi connectivity index (χ3v) is 4.08. The number of amides is 1. The monoisotopic (exact) mass is 238 g/mol. The molecule has 0 aromatic heterocycles. The molecule has 2 aliphatic rings. The van der Waals surface area contributed by atoms with Gasteiger partial charge >= 0.3 is 0 Å². The van der Waals surface area contributed by atoms with E-state index in [1.54, 1.807) is 0 Å². The van der Waals surface area contributed by atoms with Crippen molar-refractivity contribution < 1.29 is 4.79 Å². The highest BCUT2D eigenvalue weighted by Crippen LogP contribution is 2.34. The van der Waals surface area contributed by atoms with E-state index in [1.807, 2.05) is 0 Å². The summed E-state index contributed by atoms with van der Waals surface area (Å²) in [5.41, 5.74) is -0.139. The Labute approximate surface area is 105 Å². The lowest BCUT2D eigenvalue weighted by Gasteiger charge is -2.32. The van der Waals surface area contributed by atoms with E-state index < -0.39 is 0 Å². The van der Waals surface area contributed by atoms with Gasteiger partial charge in [-0.25, -0.2) is 0 Å². The molecule has 1 saturated carbocycles. The summed E-state index contributed by atoms with van der Waals surface area (Å²) in [6.45, 7) is 9.39. The largest absolute Gasteiger partial charge is 0.339 e. The zero-order valence-electron chi connectivity index (χ0n) is 11.5. The predicted molar refractivity (Wildman–Crippen MR) is 69.8 cm³/mol. The molecule has 0 radical (unpaired) electrons. The van der Waals surface area contributed by atoms with Gasteiger partial charge in [0.25, 0.3) is 0 Å². The van der Waals surface area contributed by atoms with E-state index >= 15 is 0 Å². The van der Waals surface area contributed by atoms with Crippen LogP contribution < -0.4 is 5.32 Å². The topological polar surface area (TPSA) is 32.3 Å². The lowest BCUT2D eigenvalue weighted by Crippen LogP contribution is -2.45. The zero-order valence-corrected chi connectivity index (χ0v) is 11.5. The summed E-state index contributed by atoms with van der Waals surface area (Å²) in [5, 5.41) is 3.33. The summed E-state index contributed by atoms with van der Waals surface area (Å²) in [6, 6.07) is 0.554. The smallest absolute Gasteiger partial charge is 0.230 e. The minimum Gasteiger partial charge on any atom is -0.339 e. The van der Waals surface area contributed by atoms with E-state index in [0.717, 1.165) is 32.5 Å². The average molecular weight is 238 g/mol. The van der Waals surface area contributed by atoms with Crippen LogP contribution in [0.5, 0.6) is 0 Å². The number of hydrogen-bond acceptors (Lipinski definition) is 2. The first-order chi connectivity index (χ1) is 8.03. The van der Waals surface area contributed by atoms with E-state index in [-0.39, 0.29) is 5.41 Å². The second-order valence-electron chi connectivity index (χ2n) is 6.40. The SMILES string of the molecule is CC(C)CCN(C(=O)C1(C)CCNC1)C1CC1. The van der Waals surface area contributed by atoms with Crippen LogP contribution in [0.2, 0.25) is 0 Å². The van der Waals surface area contributed by atoms with Gasteiger partial charge < -0.3 is 10.2 Å². The number of carbonyl (C=O) groups is 1. The van der Waals surface area contributed by atoms with Crippen molar-refractivity contribution in [1.29, 1.82) is 0 Å². The molecule has 2 fully saturated rings. The van der Waals surface area contributed by atoms with Crippen LogP contribution in [0.1, 0.15) is 46.5 Å². The molecule has 0 aromatic rings. The van der Waals surface area contributed by atoms with Crippen LogP contribution in [-0.2, 0) is 4.79 Å². The van der Waals surface area contributed by atoms with Gasteiger partial charge in [-0.15, -0.1) is 0 Å². The van der Waals surface area contributed by atoms with E-state index in [1.165, 1.54) is 12.8 Å². The van der Waals surface area contributed by atoms with Crippen molar-refractivity contribution >= 4 is 5.91 Å². The summed E-state index contributed by atoms with van der Waals surface area (Å²) in [6.07, 6.45) is 4.56. The molecule has 1 N–H and O–H groups in total. The first-order valence-electron chi connectivity index (χ1n) is 7.05. The summed E-state index contributed by atoms with van der Waals surface area (Å²) in [4.78, 5) is 14.8. The molecular formula is C14H26N2O. The molecule has 1 saturated heterocycles. The van der Waals surface area contributed by atoms with Crippen molar-refractivity contribution in [3.05, 3.63) is 0 Å². The molecule has 1 unspecified atom stereocenters. The van der Waals surface area contributed by atoms with E-state index in [2.05, 4.69) is 31.0 Å². The first-order valence-corrected chi connectivity index (χ1v) is 7.05. The van der Waals surface area contributed by atoms with Gasteiger partial charge in [0, 0.05) is 19.1 Å². The van der Waals surface area contributed by atoms with Gasteiger partial charge in [0.1, 0.15) is 0 Å². The molecule has 1 atom stereocenters. The van der Waals surface area contributed by atoms with Crippen LogP contribution in [0.15, 0.2) is 0 Å². The number of nitrogens with one attached hydrogen (secondary N) is 1. The molecular weight excluding hydrogens is 212 g/mol. The lowest BCUT2D eigenvalue weighted by atomic mass is 9.87. The van der Waals surface area contributed by atoms with Gasteiger partial charge in [0.05, 0.1) is 5.41 Å². The highest BCUT2D eigenvalue weighted by molar-refractivity contribution is 5.83. The van der Waals surface area contributed by atoms with Crippen LogP contribution in [-0.4, -0.2) is 36.5 Å². The van der Waals surface area contributed by atoms with Gasteiger partial charge in [0.2, 0.25) is 5.91 Å².